The summed E-state index contributed by atoms with van der Waals surface area (Å²) in [6, 6.07) is 0.737. The van der Waals surface area contributed by atoms with Gasteiger partial charge in [-0.05, 0) is 50.4 Å². The van der Waals surface area contributed by atoms with E-state index in [1.165, 1.54) is 64.2 Å². The summed E-state index contributed by atoms with van der Waals surface area (Å²) in [4.78, 5) is 0. The van der Waals surface area contributed by atoms with Gasteiger partial charge in [0.25, 0.3) is 0 Å². The predicted molar refractivity (Wildman–Crippen MR) is 83.2 cm³/mol. The van der Waals surface area contributed by atoms with Crippen LogP contribution < -0.4 is 11.1 Å². The SMILES string of the molecule is CCCC1CCCC(CN)(NC2CCC(C)C2)CC1. The summed E-state index contributed by atoms with van der Waals surface area (Å²) in [5.74, 6) is 1.87. The van der Waals surface area contributed by atoms with Crippen molar-refractivity contribution < 1.29 is 0 Å². The smallest absolute Gasteiger partial charge is 0.0306 e. The first kappa shape index (κ1) is 15.3. The monoisotopic (exact) mass is 266 g/mol. The zero-order valence-electron chi connectivity index (χ0n) is 13.1. The fraction of sp³-hybridized carbons (Fsp3) is 1.00. The molecule has 0 aromatic rings. The summed E-state index contributed by atoms with van der Waals surface area (Å²) in [6.45, 7) is 5.54. The molecule has 2 heteroatoms. The zero-order chi connectivity index (χ0) is 13.7. The molecule has 0 saturated heterocycles. The van der Waals surface area contributed by atoms with Crippen LogP contribution in [0.1, 0.15) is 78.1 Å². The van der Waals surface area contributed by atoms with E-state index in [0.29, 0.717) is 0 Å². The zero-order valence-corrected chi connectivity index (χ0v) is 13.1. The summed E-state index contributed by atoms with van der Waals surface area (Å²) in [7, 11) is 0. The van der Waals surface area contributed by atoms with Crippen LogP contribution in [0.15, 0.2) is 0 Å². The first-order chi connectivity index (χ1) is 9.17. The van der Waals surface area contributed by atoms with Crippen molar-refractivity contribution in [2.45, 2.75) is 89.6 Å². The summed E-state index contributed by atoms with van der Waals surface area (Å²) < 4.78 is 0. The van der Waals surface area contributed by atoms with E-state index >= 15 is 0 Å². The van der Waals surface area contributed by atoms with Crippen molar-refractivity contribution in [3.63, 3.8) is 0 Å². The lowest BCUT2D eigenvalue weighted by Crippen LogP contribution is -2.54. The van der Waals surface area contributed by atoms with Crippen LogP contribution in [0.4, 0.5) is 0 Å². The van der Waals surface area contributed by atoms with Crippen LogP contribution in [-0.2, 0) is 0 Å². The quantitative estimate of drug-likeness (QED) is 0.742. The molecule has 0 aromatic carbocycles. The van der Waals surface area contributed by atoms with Gasteiger partial charge in [0.2, 0.25) is 0 Å². The van der Waals surface area contributed by atoms with Gasteiger partial charge in [-0.15, -0.1) is 0 Å². The lowest BCUT2D eigenvalue weighted by Gasteiger charge is -2.36. The van der Waals surface area contributed by atoms with Crippen LogP contribution in [-0.4, -0.2) is 18.1 Å². The molecule has 0 aliphatic heterocycles. The van der Waals surface area contributed by atoms with Crippen molar-refractivity contribution in [2.24, 2.45) is 17.6 Å². The minimum absolute atomic E-state index is 0.261. The summed E-state index contributed by atoms with van der Waals surface area (Å²) >= 11 is 0. The van der Waals surface area contributed by atoms with Gasteiger partial charge in [0.1, 0.15) is 0 Å². The lowest BCUT2D eigenvalue weighted by molar-refractivity contribution is 0.252. The first-order valence-electron chi connectivity index (χ1n) is 8.65. The molecule has 2 fully saturated rings. The Hall–Kier alpha value is -0.0800. The third-order valence-corrected chi connectivity index (χ3v) is 5.59. The Labute approximate surface area is 119 Å². The normalized spacial score (nSPS) is 40.3. The van der Waals surface area contributed by atoms with E-state index in [1.54, 1.807) is 0 Å². The fourth-order valence-corrected chi connectivity index (χ4v) is 4.35. The van der Waals surface area contributed by atoms with Gasteiger partial charge < -0.3 is 11.1 Å². The molecule has 0 aromatic heterocycles. The standard InChI is InChI=1S/C17H34N2/c1-3-5-15-6-4-10-17(13-18,11-9-15)19-16-8-7-14(2)12-16/h14-16,19H,3-13,18H2,1-2H3. The predicted octanol–water partition coefficient (Wildman–Crippen LogP) is 3.84. The van der Waals surface area contributed by atoms with E-state index in [2.05, 4.69) is 19.2 Å². The molecule has 4 unspecified atom stereocenters. The average Bonchev–Trinajstić information content (AvgIpc) is 2.69. The Balaban J connectivity index is 1.90. The third kappa shape index (κ3) is 4.19. The summed E-state index contributed by atoms with van der Waals surface area (Å²) in [5.41, 5.74) is 6.44. The highest BCUT2D eigenvalue weighted by molar-refractivity contribution is 4.95. The number of nitrogens with two attached hydrogens (primary N) is 1. The van der Waals surface area contributed by atoms with Gasteiger partial charge in [-0.25, -0.2) is 0 Å². The van der Waals surface area contributed by atoms with Crippen molar-refractivity contribution in [1.29, 1.82) is 0 Å². The van der Waals surface area contributed by atoms with Gasteiger partial charge in [-0.3, -0.25) is 0 Å². The molecule has 2 aliphatic rings. The van der Waals surface area contributed by atoms with Crippen molar-refractivity contribution in [2.75, 3.05) is 6.54 Å². The maximum atomic E-state index is 6.18. The van der Waals surface area contributed by atoms with Gasteiger partial charge in [0.05, 0.1) is 0 Å². The first-order valence-corrected chi connectivity index (χ1v) is 8.65. The molecule has 2 nitrogen and oxygen atoms in total. The van der Waals surface area contributed by atoms with Crippen LogP contribution >= 0.6 is 0 Å². The molecular weight excluding hydrogens is 232 g/mol. The van der Waals surface area contributed by atoms with Crippen molar-refractivity contribution in [1.82, 2.24) is 5.32 Å². The molecule has 0 bridgehead atoms. The second kappa shape index (κ2) is 7.08. The Morgan fingerprint density at radius 2 is 2.00 bits per heavy atom. The number of hydrogen-bond acceptors (Lipinski definition) is 2. The fourth-order valence-electron chi connectivity index (χ4n) is 4.35. The van der Waals surface area contributed by atoms with E-state index in [9.17, 15) is 0 Å². The number of hydrogen-bond donors (Lipinski definition) is 2. The van der Waals surface area contributed by atoms with Crippen LogP contribution in [0, 0.1) is 11.8 Å². The maximum Gasteiger partial charge on any atom is 0.0306 e. The molecule has 112 valence electrons. The van der Waals surface area contributed by atoms with Gasteiger partial charge in [-0.1, -0.05) is 39.5 Å². The highest BCUT2D eigenvalue weighted by atomic mass is 15.0. The van der Waals surface area contributed by atoms with E-state index in [4.69, 9.17) is 5.73 Å². The summed E-state index contributed by atoms with van der Waals surface area (Å²) in [5, 5.41) is 3.99. The van der Waals surface area contributed by atoms with E-state index in [-0.39, 0.29) is 5.54 Å². The molecule has 0 amide bonds. The third-order valence-electron chi connectivity index (χ3n) is 5.59. The van der Waals surface area contributed by atoms with E-state index in [0.717, 1.165) is 24.4 Å². The molecular formula is C17H34N2. The minimum atomic E-state index is 0.261. The van der Waals surface area contributed by atoms with Gasteiger partial charge >= 0.3 is 0 Å². The Morgan fingerprint density at radius 1 is 1.16 bits per heavy atom. The second-order valence-electron chi connectivity index (χ2n) is 7.33. The van der Waals surface area contributed by atoms with Gasteiger partial charge in [-0.2, -0.15) is 0 Å². The lowest BCUT2D eigenvalue weighted by atomic mass is 9.88. The van der Waals surface area contributed by atoms with Gasteiger partial charge in [0, 0.05) is 18.1 Å². The Kier molecular flexibility index (Phi) is 5.70. The van der Waals surface area contributed by atoms with Crippen LogP contribution in [0.2, 0.25) is 0 Å². The molecule has 0 radical (unpaired) electrons. The van der Waals surface area contributed by atoms with Gasteiger partial charge in [0.15, 0.2) is 0 Å². The van der Waals surface area contributed by atoms with Crippen molar-refractivity contribution in [3.8, 4) is 0 Å². The number of nitrogens with one attached hydrogen (secondary N) is 1. The van der Waals surface area contributed by atoms with Crippen molar-refractivity contribution in [3.05, 3.63) is 0 Å². The average molecular weight is 266 g/mol. The number of rotatable bonds is 5. The maximum absolute atomic E-state index is 6.18. The largest absolute Gasteiger partial charge is 0.329 e. The Bertz CT molecular complexity index is 266. The topological polar surface area (TPSA) is 38.0 Å². The molecule has 0 spiro atoms. The highest BCUT2D eigenvalue weighted by Crippen LogP contribution is 2.34. The highest BCUT2D eigenvalue weighted by Gasteiger charge is 2.35. The molecule has 2 aliphatic carbocycles. The molecule has 19 heavy (non-hydrogen) atoms. The van der Waals surface area contributed by atoms with Crippen LogP contribution in [0.3, 0.4) is 0 Å². The van der Waals surface area contributed by atoms with E-state index in [1.807, 2.05) is 0 Å². The molecule has 2 saturated carbocycles. The summed E-state index contributed by atoms with van der Waals surface area (Å²) in [6.07, 6.45) is 13.7. The van der Waals surface area contributed by atoms with Crippen LogP contribution in [0.5, 0.6) is 0 Å². The van der Waals surface area contributed by atoms with Crippen molar-refractivity contribution >= 4 is 0 Å². The molecule has 4 atom stereocenters. The minimum Gasteiger partial charge on any atom is -0.329 e. The van der Waals surface area contributed by atoms with E-state index < -0.39 is 0 Å². The molecule has 2 rings (SSSR count). The van der Waals surface area contributed by atoms with Crippen LogP contribution in [0.25, 0.3) is 0 Å². The molecule has 0 heterocycles. The second-order valence-corrected chi connectivity index (χ2v) is 7.33. The molecule has 3 N–H and O–H groups in total. The Morgan fingerprint density at radius 3 is 2.63 bits per heavy atom.